The standard InChI is InChI=1S/C13H22O3/c1-7-11(9-14-4)13(16-6)12(15-5)8-10(2)3/h7-8H,9H2,1-6H3/b11-7-,13-12-. The number of hydrogen-bond acceptors (Lipinski definition) is 3. The lowest BCUT2D eigenvalue weighted by atomic mass is 10.1. The SMILES string of the molecule is C/C=C(COC)\C(OC)=C(/C=C(C)C)OC. The zero-order chi connectivity index (χ0) is 12.6. The van der Waals surface area contributed by atoms with Gasteiger partial charge in [0.15, 0.2) is 11.5 Å². The summed E-state index contributed by atoms with van der Waals surface area (Å²) in [4.78, 5) is 0. The molecule has 0 spiro atoms. The van der Waals surface area contributed by atoms with E-state index in [-0.39, 0.29) is 0 Å². The minimum atomic E-state index is 0.503. The first kappa shape index (κ1) is 14.8. The number of methoxy groups -OCH3 is 3. The van der Waals surface area contributed by atoms with Crippen molar-refractivity contribution in [2.45, 2.75) is 20.8 Å². The first-order chi connectivity index (χ1) is 7.60. The molecule has 0 aliphatic rings. The normalized spacial score (nSPS) is 13.0. The molecular formula is C13H22O3. The van der Waals surface area contributed by atoms with E-state index < -0.39 is 0 Å². The van der Waals surface area contributed by atoms with Gasteiger partial charge in [0.1, 0.15) is 0 Å². The van der Waals surface area contributed by atoms with Gasteiger partial charge in [-0.1, -0.05) is 11.6 Å². The molecule has 0 saturated carbocycles. The Morgan fingerprint density at radius 2 is 1.69 bits per heavy atom. The second-order valence-electron chi connectivity index (χ2n) is 3.57. The Bertz CT molecular complexity index is 294. The summed E-state index contributed by atoms with van der Waals surface area (Å²) in [5, 5.41) is 0. The van der Waals surface area contributed by atoms with Crippen LogP contribution < -0.4 is 0 Å². The molecule has 0 amide bonds. The van der Waals surface area contributed by atoms with Crippen LogP contribution in [0, 0.1) is 0 Å². The van der Waals surface area contributed by atoms with E-state index in [2.05, 4.69) is 0 Å². The zero-order valence-electron chi connectivity index (χ0n) is 11.1. The van der Waals surface area contributed by atoms with Gasteiger partial charge in [0.05, 0.1) is 20.8 Å². The Morgan fingerprint density at radius 1 is 1.06 bits per heavy atom. The van der Waals surface area contributed by atoms with Crippen LogP contribution in [0.2, 0.25) is 0 Å². The summed E-state index contributed by atoms with van der Waals surface area (Å²) in [6.07, 6.45) is 3.90. The smallest absolute Gasteiger partial charge is 0.165 e. The largest absolute Gasteiger partial charge is 0.493 e. The summed E-state index contributed by atoms with van der Waals surface area (Å²) in [5.74, 6) is 1.43. The second kappa shape index (κ2) is 7.99. The van der Waals surface area contributed by atoms with Crippen LogP contribution in [0.15, 0.2) is 34.8 Å². The molecule has 0 aliphatic carbocycles. The lowest BCUT2D eigenvalue weighted by Gasteiger charge is -2.13. The molecule has 0 radical (unpaired) electrons. The van der Waals surface area contributed by atoms with Gasteiger partial charge in [0.2, 0.25) is 0 Å². The van der Waals surface area contributed by atoms with Gasteiger partial charge in [-0.05, 0) is 26.8 Å². The average Bonchev–Trinajstić information content (AvgIpc) is 2.26. The van der Waals surface area contributed by atoms with Gasteiger partial charge in [-0.15, -0.1) is 0 Å². The van der Waals surface area contributed by atoms with Crippen molar-refractivity contribution in [3.8, 4) is 0 Å². The summed E-state index contributed by atoms with van der Waals surface area (Å²) >= 11 is 0. The van der Waals surface area contributed by atoms with Gasteiger partial charge in [0.25, 0.3) is 0 Å². The first-order valence-electron chi connectivity index (χ1n) is 5.22. The Hall–Kier alpha value is -1.22. The van der Waals surface area contributed by atoms with Crippen molar-refractivity contribution in [1.29, 1.82) is 0 Å². The van der Waals surface area contributed by atoms with Crippen molar-refractivity contribution >= 4 is 0 Å². The van der Waals surface area contributed by atoms with E-state index in [1.165, 1.54) is 0 Å². The molecule has 0 saturated heterocycles. The molecule has 0 atom stereocenters. The molecule has 0 bridgehead atoms. The first-order valence-corrected chi connectivity index (χ1v) is 5.22. The second-order valence-corrected chi connectivity index (χ2v) is 3.57. The predicted octanol–water partition coefficient (Wildman–Crippen LogP) is 3.05. The number of hydrogen-bond donors (Lipinski definition) is 0. The van der Waals surface area contributed by atoms with Gasteiger partial charge in [-0.2, -0.15) is 0 Å². The summed E-state index contributed by atoms with van der Waals surface area (Å²) in [5.41, 5.74) is 2.12. The fourth-order valence-electron chi connectivity index (χ4n) is 1.30. The van der Waals surface area contributed by atoms with Crippen LogP contribution in [0.3, 0.4) is 0 Å². The molecule has 0 fully saturated rings. The maximum atomic E-state index is 5.37. The van der Waals surface area contributed by atoms with Crippen LogP contribution in [0.25, 0.3) is 0 Å². The van der Waals surface area contributed by atoms with Gasteiger partial charge in [0, 0.05) is 12.7 Å². The van der Waals surface area contributed by atoms with Crippen LogP contribution in [-0.4, -0.2) is 27.9 Å². The van der Waals surface area contributed by atoms with E-state index in [1.54, 1.807) is 21.3 Å². The minimum absolute atomic E-state index is 0.503. The van der Waals surface area contributed by atoms with Crippen LogP contribution in [0.4, 0.5) is 0 Å². The molecule has 0 aromatic rings. The van der Waals surface area contributed by atoms with E-state index in [0.717, 1.165) is 11.1 Å². The van der Waals surface area contributed by atoms with Gasteiger partial charge in [-0.3, -0.25) is 0 Å². The van der Waals surface area contributed by atoms with E-state index in [9.17, 15) is 0 Å². The van der Waals surface area contributed by atoms with Crippen LogP contribution >= 0.6 is 0 Å². The average molecular weight is 226 g/mol. The molecule has 3 nitrogen and oxygen atoms in total. The Morgan fingerprint density at radius 3 is 2.00 bits per heavy atom. The zero-order valence-corrected chi connectivity index (χ0v) is 11.1. The molecule has 3 heteroatoms. The van der Waals surface area contributed by atoms with Crippen LogP contribution in [0.5, 0.6) is 0 Å². The summed E-state index contributed by atoms with van der Waals surface area (Å²) in [6, 6.07) is 0. The quantitative estimate of drug-likeness (QED) is 0.514. The molecule has 92 valence electrons. The molecule has 16 heavy (non-hydrogen) atoms. The van der Waals surface area contributed by atoms with Gasteiger partial charge in [-0.25, -0.2) is 0 Å². The summed E-state index contributed by atoms with van der Waals surface area (Å²) in [6.45, 7) is 6.47. The van der Waals surface area contributed by atoms with Crippen molar-refractivity contribution < 1.29 is 14.2 Å². The molecule has 0 rings (SSSR count). The molecule has 0 heterocycles. The van der Waals surface area contributed by atoms with Crippen molar-refractivity contribution in [2.75, 3.05) is 27.9 Å². The molecule has 0 aromatic heterocycles. The van der Waals surface area contributed by atoms with Gasteiger partial charge >= 0.3 is 0 Å². The highest BCUT2D eigenvalue weighted by atomic mass is 16.5. The minimum Gasteiger partial charge on any atom is -0.493 e. The van der Waals surface area contributed by atoms with Crippen LogP contribution in [0.1, 0.15) is 20.8 Å². The molecule has 0 aliphatic heterocycles. The van der Waals surface area contributed by atoms with Crippen LogP contribution in [-0.2, 0) is 14.2 Å². The lowest BCUT2D eigenvalue weighted by molar-refractivity contribution is 0.199. The van der Waals surface area contributed by atoms with Crippen molar-refractivity contribution in [1.82, 2.24) is 0 Å². The maximum absolute atomic E-state index is 5.37. The Labute approximate surface area is 98.4 Å². The van der Waals surface area contributed by atoms with Crippen molar-refractivity contribution in [3.63, 3.8) is 0 Å². The van der Waals surface area contributed by atoms with E-state index in [0.29, 0.717) is 18.1 Å². The molecule has 0 unspecified atom stereocenters. The van der Waals surface area contributed by atoms with Crippen molar-refractivity contribution in [3.05, 3.63) is 34.8 Å². The highest BCUT2D eigenvalue weighted by Gasteiger charge is 2.11. The fourth-order valence-corrected chi connectivity index (χ4v) is 1.30. The Balaban J connectivity index is 5.32. The number of ether oxygens (including phenoxy) is 3. The number of allylic oxidation sites excluding steroid dienone is 3. The summed E-state index contributed by atoms with van der Waals surface area (Å²) < 4.78 is 15.8. The van der Waals surface area contributed by atoms with E-state index in [1.807, 2.05) is 32.9 Å². The van der Waals surface area contributed by atoms with E-state index >= 15 is 0 Å². The fraction of sp³-hybridized carbons (Fsp3) is 0.538. The molecule has 0 aromatic carbocycles. The Kier molecular flexibility index (Phi) is 7.38. The molecule has 0 N–H and O–H groups in total. The number of rotatable bonds is 6. The third-order valence-corrected chi connectivity index (χ3v) is 2.01. The summed E-state index contributed by atoms with van der Waals surface area (Å²) in [7, 11) is 4.92. The van der Waals surface area contributed by atoms with Gasteiger partial charge < -0.3 is 14.2 Å². The lowest BCUT2D eigenvalue weighted by Crippen LogP contribution is -2.04. The van der Waals surface area contributed by atoms with E-state index in [4.69, 9.17) is 14.2 Å². The highest BCUT2D eigenvalue weighted by Crippen LogP contribution is 2.19. The predicted molar refractivity (Wildman–Crippen MR) is 66.1 cm³/mol. The highest BCUT2D eigenvalue weighted by molar-refractivity contribution is 5.34. The maximum Gasteiger partial charge on any atom is 0.165 e. The van der Waals surface area contributed by atoms with Crippen molar-refractivity contribution in [2.24, 2.45) is 0 Å². The third kappa shape index (κ3) is 4.53. The third-order valence-electron chi connectivity index (χ3n) is 2.01. The molecular weight excluding hydrogens is 204 g/mol. The topological polar surface area (TPSA) is 27.7 Å². The monoisotopic (exact) mass is 226 g/mol.